The van der Waals surface area contributed by atoms with Crippen molar-refractivity contribution in [2.24, 2.45) is 0 Å². The summed E-state index contributed by atoms with van der Waals surface area (Å²) in [6.07, 6.45) is 7.89. The lowest BCUT2D eigenvalue weighted by atomic mass is 9.76. The van der Waals surface area contributed by atoms with E-state index in [1.807, 2.05) is 24.4 Å². The average molecular weight is 314 g/mol. The van der Waals surface area contributed by atoms with Crippen molar-refractivity contribution in [1.82, 2.24) is 14.3 Å². The van der Waals surface area contributed by atoms with E-state index in [2.05, 4.69) is 11.1 Å². The molecule has 3 rings (SSSR count). The van der Waals surface area contributed by atoms with Gasteiger partial charge in [0.15, 0.2) is 4.96 Å². The molecule has 5 nitrogen and oxygen atoms in total. The van der Waals surface area contributed by atoms with Crippen LogP contribution in [-0.2, 0) is 4.79 Å². The Balaban J connectivity index is 1.85. The van der Waals surface area contributed by atoms with Gasteiger partial charge in [0.1, 0.15) is 5.54 Å². The summed E-state index contributed by atoms with van der Waals surface area (Å²) in [6, 6.07) is 2.29. The predicted octanol–water partition coefficient (Wildman–Crippen LogP) is 2.93. The van der Waals surface area contributed by atoms with Crippen LogP contribution in [0.15, 0.2) is 12.3 Å². The smallest absolute Gasteiger partial charge is 0.247 e. The largest absolute Gasteiger partial charge is 0.323 e. The first kappa shape index (κ1) is 14.8. The normalized spacial score (nSPS) is 16.6. The zero-order valence-electron chi connectivity index (χ0n) is 13.0. The second-order valence-electron chi connectivity index (χ2n) is 5.80. The van der Waals surface area contributed by atoms with Gasteiger partial charge in [-0.25, -0.2) is 4.98 Å². The topological polar surface area (TPSA) is 61.4 Å². The Labute approximate surface area is 133 Å². The van der Waals surface area contributed by atoms with E-state index in [0.717, 1.165) is 35.6 Å². The summed E-state index contributed by atoms with van der Waals surface area (Å²) in [4.78, 5) is 20.5. The van der Waals surface area contributed by atoms with Gasteiger partial charge in [0.25, 0.3) is 0 Å². The van der Waals surface area contributed by atoms with Gasteiger partial charge in [-0.05, 0) is 39.2 Å². The highest BCUT2D eigenvalue weighted by Gasteiger charge is 2.42. The number of nitriles is 1. The first-order chi connectivity index (χ1) is 10.5. The van der Waals surface area contributed by atoms with E-state index in [4.69, 9.17) is 0 Å². The number of fused-ring (bicyclic) bond motifs is 1. The maximum atomic E-state index is 12.4. The van der Waals surface area contributed by atoms with Crippen molar-refractivity contribution < 1.29 is 4.79 Å². The van der Waals surface area contributed by atoms with Gasteiger partial charge in [-0.1, -0.05) is 0 Å². The molecular weight excluding hydrogens is 296 g/mol. The molecule has 2 aromatic rings. The summed E-state index contributed by atoms with van der Waals surface area (Å²) in [5, 5.41) is 9.32. The van der Waals surface area contributed by atoms with Crippen LogP contribution in [0.2, 0.25) is 0 Å². The number of aromatic nitrogens is 2. The van der Waals surface area contributed by atoms with Gasteiger partial charge < -0.3 is 4.90 Å². The van der Waals surface area contributed by atoms with Gasteiger partial charge in [-0.15, -0.1) is 11.3 Å². The number of likely N-dealkylation sites (N-methyl/N-ethyl adjacent to an activating group) is 1. The molecule has 0 N–H and O–H groups in total. The molecular formula is C16H18N4OS. The molecule has 0 atom stereocenters. The van der Waals surface area contributed by atoms with Crippen LogP contribution in [0, 0.1) is 25.2 Å². The van der Waals surface area contributed by atoms with E-state index >= 15 is 0 Å². The van der Waals surface area contributed by atoms with Crippen molar-refractivity contribution in [1.29, 1.82) is 5.26 Å². The highest BCUT2D eigenvalue weighted by molar-refractivity contribution is 7.17. The zero-order chi connectivity index (χ0) is 15.9. The number of hydrogen-bond donors (Lipinski definition) is 0. The number of amides is 1. The van der Waals surface area contributed by atoms with Gasteiger partial charge in [-0.2, -0.15) is 5.26 Å². The molecule has 0 saturated heterocycles. The van der Waals surface area contributed by atoms with Crippen LogP contribution in [-0.4, -0.2) is 32.8 Å². The standard InChI is InChI=1S/C16H18N4OS/c1-11-9-20-13(12(2)18-15(20)22-11)5-6-14(21)19(3)16(10-17)7-4-8-16/h5-6,9H,4,7-8H2,1-3H3/b6-5+. The highest BCUT2D eigenvalue weighted by Crippen LogP contribution is 2.36. The SMILES string of the molecule is Cc1cn2c(/C=C/C(=O)N(C)C3(C#N)CCC3)c(C)nc2s1. The molecule has 0 unspecified atom stereocenters. The van der Waals surface area contributed by atoms with Crippen LogP contribution in [0.25, 0.3) is 11.0 Å². The minimum atomic E-state index is -0.609. The number of thiazole rings is 1. The molecule has 1 saturated carbocycles. The van der Waals surface area contributed by atoms with Gasteiger partial charge in [-0.3, -0.25) is 9.20 Å². The third kappa shape index (κ3) is 2.22. The van der Waals surface area contributed by atoms with Gasteiger partial charge in [0, 0.05) is 24.2 Å². The maximum Gasteiger partial charge on any atom is 0.247 e. The number of carbonyl (C=O) groups excluding carboxylic acids is 1. The molecule has 1 aliphatic rings. The van der Waals surface area contributed by atoms with E-state index in [1.54, 1.807) is 35.4 Å². The molecule has 0 radical (unpaired) electrons. The quantitative estimate of drug-likeness (QED) is 0.818. The number of rotatable bonds is 3. The van der Waals surface area contributed by atoms with E-state index in [9.17, 15) is 10.1 Å². The first-order valence-corrected chi connectivity index (χ1v) is 8.11. The fourth-order valence-corrected chi connectivity index (χ4v) is 3.67. The third-order valence-electron chi connectivity index (χ3n) is 4.41. The molecule has 1 amide bonds. The monoisotopic (exact) mass is 314 g/mol. The first-order valence-electron chi connectivity index (χ1n) is 7.29. The van der Waals surface area contributed by atoms with Gasteiger partial charge in [0.05, 0.1) is 17.5 Å². The molecule has 22 heavy (non-hydrogen) atoms. The Morgan fingerprint density at radius 3 is 2.86 bits per heavy atom. The maximum absolute atomic E-state index is 12.4. The lowest BCUT2D eigenvalue weighted by Crippen LogP contribution is -2.52. The number of carbonyl (C=O) groups is 1. The Bertz CT molecular complexity index is 804. The lowest BCUT2D eigenvalue weighted by Gasteiger charge is -2.42. The van der Waals surface area contributed by atoms with Crippen molar-refractivity contribution in [3.8, 4) is 6.07 Å². The van der Waals surface area contributed by atoms with Gasteiger partial charge in [0.2, 0.25) is 5.91 Å². The number of nitrogens with zero attached hydrogens (tertiary/aromatic N) is 4. The molecule has 0 bridgehead atoms. The molecule has 0 aromatic carbocycles. The van der Waals surface area contributed by atoms with Crippen molar-refractivity contribution in [2.75, 3.05) is 7.05 Å². The molecule has 2 heterocycles. The molecule has 1 aliphatic carbocycles. The van der Waals surface area contributed by atoms with Crippen LogP contribution < -0.4 is 0 Å². The summed E-state index contributed by atoms with van der Waals surface area (Å²) in [5.74, 6) is -0.137. The second kappa shape index (κ2) is 5.25. The van der Waals surface area contributed by atoms with Crippen LogP contribution in [0.3, 0.4) is 0 Å². The van der Waals surface area contributed by atoms with Crippen molar-refractivity contribution >= 4 is 28.3 Å². The summed E-state index contributed by atoms with van der Waals surface area (Å²) >= 11 is 1.63. The van der Waals surface area contributed by atoms with Crippen molar-refractivity contribution in [2.45, 2.75) is 38.6 Å². The Morgan fingerprint density at radius 2 is 2.27 bits per heavy atom. The van der Waals surface area contributed by atoms with E-state index in [1.165, 1.54) is 4.88 Å². The van der Waals surface area contributed by atoms with Crippen LogP contribution in [0.5, 0.6) is 0 Å². The minimum Gasteiger partial charge on any atom is -0.323 e. The Hall–Kier alpha value is -2.13. The number of imidazole rings is 1. The van der Waals surface area contributed by atoms with E-state index < -0.39 is 5.54 Å². The molecule has 0 spiro atoms. The van der Waals surface area contributed by atoms with E-state index in [-0.39, 0.29) is 5.91 Å². The third-order valence-corrected chi connectivity index (χ3v) is 5.31. The molecule has 2 aromatic heterocycles. The summed E-state index contributed by atoms with van der Waals surface area (Å²) < 4.78 is 2.00. The summed E-state index contributed by atoms with van der Waals surface area (Å²) in [5.41, 5.74) is 1.21. The molecule has 114 valence electrons. The van der Waals surface area contributed by atoms with Crippen LogP contribution >= 0.6 is 11.3 Å². The fourth-order valence-electron chi connectivity index (χ4n) is 2.79. The van der Waals surface area contributed by atoms with Crippen LogP contribution in [0.4, 0.5) is 0 Å². The van der Waals surface area contributed by atoms with E-state index in [0.29, 0.717) is 0 Å². The highest BCUT2D eigenvalue weighted by atomic mass is 32.1. The van der Waals surface area contributed by atoms with Crippen molar-refractivity contribution in [3.05, 3.63) is 28.5 Å². The second-order valence-corrected chi connectivity index (χ2v) is 7.02. The number of aryl methyl sites for hydroxylation is 2. The minimum absolute atomic E-state index is 0.137. The van der Waals surface area contributed by atoms with Gasteiger partial charge >= 0.3 is 0 Å². The predicted molar refractivity (Wildman–Crippen MR) is 86.5 cm³/mol. The Kier molecular flexibility index (Phi) is 3.53. The average Bonchev–Trinajstić information content (AvgIpc) is 2.91. The lowest BCUT2D eigenvalue weighted by molar-refractivity contribution is -0.130. The van der Waals surface area contributed by atoms with Crippen molar-refractivity contribution in [3.63, 3.8) is 0 Å². The molecule has 0 aliphatic heterocycles. The zero-order valence-corrected chi connectivity index (χ0v) is 13.8. The Morgan fingerprint density at radius 1 is 1.55 bits per heavy atom. The summed E-state index contributed by atoms with van der Waals surface area (Å²) in [7, 11) is 1.71. The molecule has 1 fully saturated rings. The fraction of sp³-hybridized carbons (Fsp3) is 0.438. The van der Waals surface area contributed by atoms with Crippen LogP contribution in [0.1, 0.15) is 35.5 Å². The summed E-state index contributed by atoms with van der Waals surface area (Å²) in [6.45, 7) is 3.97. The number of hydrogen-bond acceptors (Lipinski definition) is 4. The molecule has 6 heteroatoms.